The number of ether oxygens (including phenoxy) is 1. The summed E-state index contributed by atoms with van der Waals surface area (Å²) in [6.07, 6.45) is 4.33. The Kier molecular flexibility index (Phi) is 7.11. The van der Waals surface area contributed by atoms with Gasteiger partial charge >= 0.3 is 5.97 Å². The fourth-order valence-corrected chi connectivity index (χ4v) is 3.25. The highest BCUT2D eigenvalue weighted by Crippen LogP contribution is 2.25. The van der Waals surface area contributed by atoms with Gasteiger partial charge < -0.3 is 19.6 Å². The number of carboxylic acid groups (broad SMARTS) is 1. The zero-order valence-electron chi connectivity index (χ0n) is 17.9. The van der Waals surface area contributed by atoms with Gasteiger partial charge in [0.25, 0.3) is 0 Å². The number of para-hydroxylation sites is 2. The molecule has 1 unspecified atom stereocenters. The molecule has 30 heavy (non-hydrogen) atoms. The lowest BCUT2D eigenvalue weighted by Gasteiger charge is -2.22. The molecule has 0 bridgehead atoms. The van der Waals surface area contributed by atoms with Crippen molar-refractivity contribution in [3.63, 3.8) is 0 Å². The number of nitrogens with zero attached hydrogens (tertiary/aromatic N) is 1. The summed E-state index contributed by atoms with van der Waals surface area (Å²) >= 11 is 0. The summed E-state index contributed by atoms with van der Waals surface area (Å²) in [5.74, 6) is 0.232. The minimum absolute atomic E-state index is 0.00369. The molecule has 0 fully saturated rings. The van der Waals surface area contributed by atoms with Crippen LogP contribution in [0, 0.1) is 0 Å². The van der Waals surface area contributed by atoms with E-state index < -0.39 is 11.6 Å². The molecule has 0 saturated carbocycles. The van der Waals surface area contributed by atoms with Gasteiger partial charge in [-0.3, -0.25) is 0 Å². The maximum Gasteiger partial charge on any atom is 0.347 e. The summed E-state index contributed by atoms with van der Waals surface area (Å²) < 4.78 is 11.7. The van der Waals surface area contributed by atoms with E-state index in [1.54, 1.807) is 6.07 Å². The maximum atomic E-state index is 11.3. The van der Waals surface area contributed by atoms with Gasteiger partial charge in [0.2, 0.25) is 5.89 Å². The van der Waals surface area contributed by atoms with Crippen molar-refractivity contribution in [2.45, 2.75) is 64.6 Å². The molecule has 160 valence electrons. The van der Waals surface area contributed by atoms with E-state index in [0.29, 0.717) is 18.2 Å². The standard InChI is InChI=1S/C24H30N2O4/c1-4-5-6-13-20(22-26-19-12-7-8-14-21(19)29-22)25-16-17-10-9-11-18(15-17)30-24(2,3)23(27)28/h7-12,14-15,20,25H,4-6,13,16H2,1-3H3,(H,27,28). The largest absolute Gasteiger partial charge is 0.478 e. The molecule has 1 aromatic heterocycles. The second-order valence-electron chi connectivity index (χ2n) is 8.01. The minimum atomic E-state index is -1.28. The summed E-state index contributed by atoms with van der Waals surface area (Å²) in [6, 6.07) is 15.3. The summed E-state index contributed by atoms with van der Waals surface area (Å²) in [5, 5.41) is 12.8. The Bertz CT molecular complexity index is 947. The van der Waals surface area contributed by atoms with Crippen LogP contribution >= 0.6 is 0 Å². The Morgan fingerprint density at radius 2 is 2.00 bits per heavy atom. The third-order valence-corrected chi connectivity index (χ3v) is 5.04. The van der Waals surface area contributed by atoms with E-state index in [-0.39, 0.29) is 6.04 Å². The topological polar surface area (TPSA) is 84.6 Å². The Hall–Kier alpha value is -2.86. The summed E-state index contributed by atoms with van der Waals surface area (Å²) in [4.78, 5) is 16.0. The molecular formula is C24H30N2O4. The second-order valence-corrected chi connectivity index (χ2v) is 8.01. The fraction of sp³-hybridized carbons (Fsp3) is 0.417. The van der Waals surface area contributed by atoms with Crippen molar-refractivity contribution >= 4 is 17.1 Å². The van der Waals surface area contributed by atoms with Crippen LogP contribution in [0.5, 0.6) is 5.75 Å². The number of hydrogen-bond acceptors (Lipinski definition) is 5. The predicted molar refractivity (Wildman–Crippen MR) is 117 cm³/mol. The fourth-order valence-electron chi connectivity index (χ4n) is 3.25. The molecule has 1 atom stereocenters. The lowest BCUT2D eigenvalue weighted by atomic mass is 10.1. The number of fused-ring (bicyclic) bond motifs is 1. The van der Waals surface area contributed by atoms with Gasteiger partial charge in [-0.05, 0) is 50.1 Å². The summed E-state index contributed by atoms with van der Waals surface area (Å²) in [7, 11) is 0. The maximum absolute atomic E-state index is 11.3. The lowest BCUT2D eigenvalue weighted by molar-refractivity contribution is -0.152. The van der Waals surface area contributed by atoms with E-state index in [2.05, 4.69) is 17.2 Å². The van der Waals surface area contributed by atoms with Gasteiger partial charge in [-0.2, -0.15) is 0 Å². The average molecular weight is 411 g/mol. The highest BCUT2D eigenvalue weighted by atomic mass is 16.5. The first-order chi connectivity index (χ1) is 14.4. The van der Waals surface area contributed by atoms with Crippen molar-refractivity contribution in [2.75, 3.05) is 0 Å². The Balaban J connectivity index is 1.72. The van der Waals surface area contributed by atoms with Crippen LogP contribution in [-0.4, -0.2) is 21.7 Å². The first kappa shape index (κ1) is 21.8. The van der Waals surface area contributed by atoms with E-state index in [1.807, 2.05) is 42.5 Å². The molecule has 0 saturated heterocycles. The van der Waals surface area contributed by atoms with E-state index in [4.69, 9.17) is 9.15 Å². The Labute approximate surface area is 177 Å². The van der Waals surface area contributed by atoms with Gasteiger partial charge in [-0.15, -0.1) is 0 Å². The smallest absolute Gasteiger partial charge is 0.347 e. The predicted octanol–water partition coefficient (Wildman–Crippen LogP) is 5.48. The summed E-state index contributed by atoms with van der Waals surface area (Å²) in [5.41, 5.74) is 1.37. The first-order valence-electron chi connectivity index (χ1n) is 10.5. The second kappa shape index (κ2) is 9.76. The first-order valence-corrected chi connectivity index (χ1v) is 10.5. The molecule has 3 aromatic rings. The van der Waals surface area contributed by atoms with Crippen LogP contribution in [0.4, 0.5) is 0 Å². The van der Waals surface area contributed by atoms with Crippen LogP contribution in [0.15, 0.2) is 52.9 Å². The van der Waals surface area contributed by atoms with E-state index in [0.717, 1.165) is 42.3 Å². The van der Waals surface area contributed by atoms with Gasteiger partial charge in [-0.25, -0.2) is 9.78 Å². The molecule has 0 radical (unpaired) electrons. The van der Waals surface area contributed by atoms with Crippen LogP contribution in [0.25, 0.3) is 11.1 Å². The molecule has 1 heterocycles. The van der Waals surface area contributed by atoms with Crippen LogP contribution in [0.2, 0.25) is 0 Å². The number of oxazole rings is 1. The Morgan fingerprint density at radius 1 is 1.20 bits per heavy atom. The van der Waals surface area contributed by atoms with Crippen molar-refractivity contribution < 1.29 is 19.1 Å². The SMILES string of the molecule is CCCCCC(NCc1cccc(OC(C)(C)C(=O)O)c1)c1nc2ccccc2o1. The molecule has 0 aliphatic carbocycles. The molecule has 2 aromatic carbocycles. The van der Waals surface area contributed by atoms with Gasteiger partial charge in [0.1, 0.15) is 11.3 Å². The highest BCUT2D eigenvalue weighted by molar-refractivity contribution is 5.76. The number of hydrogen-bond donors (Lipinski definition) is 2. The average Bonchev–Trinajstić information content (AvgIpc) is 3.14. The van der Waals surface area contributed by atoms with E-state index in [9.17, 15) is 9.90 Å². The van der Waals surface area contributed by atoms with Crippen LogP contribution in [0.1, 0.15) is 64.0 Å². The van der Waals surface area contributed by atoms with Crippen molar-refractivity contribution in [1.29, 1.82) is 0 Å². The molecule has 0 aliphatic heterocycles. The molecule has 0 amide bonds. The number of benzene rings is 2. The molecule has 0 aliphatic rings. The number of carboxylic acids is 1. The van der Waals surface area contributed by atoms with E-state index >= 15 is 0 Å². The van der Waals surface area contributed by atoms with Crippen LogP contribution in [-0.2, 0) is 11.3 Å². The third-order valence-electron chi connectivity index (χ3n) is 5.04. The van der Waals surface area contributed by atoms with Gasteiger partial charge in [-0.1, -0.05) is 50.5 Å². The number of aromatic nitrogens is 1. The minimum Gasteiger partial charge on any atom is -0.478 e. The molecule has 6 heteroatoms. The van der Waals surface area contributed by atoms with Gasteiger partial charge in [0.15, 0.2) is 11.2 Å². The third kappa shape index (κ3) is 5.60. The van der Waals surface area contributed by atoms with Crippen LogP contribution < -0.4 is 10.1 Å². The van der Waals surface area contributed by atoms with Crippen molar-refractivity contribution in [2.24, 2.45) is 0 Å². The zero-order chi connectivity index (χ0) is 21.6. The lowest BCUT2D eigenvalue weighted by Crippen LogP contribution is -2.37. The number of unbranched alkanes of at least 4 members (excludes halogenated alkanes) is 2. The molecular weight excluding hydrogens is 380 g/mol. The number of aliphatic carboxylic acids is 1. The number of carbonyl (C=O) groups is 1. The molecule has 6 nitrogen and oxygen atoms in total. The van der Waals surface area contributed by atoms with Gasteiger partial charge in [0.05, 0.1) is 6.04 Å². The zero-order valence-corrected chi connectivity index (χ0v) is 17.9. The highest BCUT2D eigenvalue weighted by Gasteiger charge is 2.29. The molecule has 3 rings (SSSR count). The van der Waals surface area contributed by atoms with Crippen molar-refractivity contribution in [3.05, 3.63) is 60.0 Å². The normalized spacial score (nSPS) is 12.8. The number of nitrogens with one attached hydrogen (secondary N) is 1. The molecule has 2 N–H and O–H groups in total. The number of rotatable bonds is 11. The quantitative estimate of drug-likeness (QED) is 0.407. The Morgan fingerprint density at radius 3 is 2.73 bits per heavy atom. The monoisotopic (exact) mass is 410 g/mol. The van der Waals surface area contributed by atoms with E-state index in [1.165, 1.54) is 13.8 Å². The van der Waals surface area contributed by atoms with Crippen molar-refractivity contribution in [1.82, 2.24) is 10.3 Å². The molecule has 0 spiro atoms. The van der Waals surface area contributed by atoms with Crippen molar-refractivity contribution in [3.8, 4) is 5.75 Å². The van der Waals surface area contributed by atoms with Gasteiger partial charge in [0, 0.05) is 6.54 Å². The summed E-state index contributed by atoms with van der Waals surface area (Å²) in [6.45, 7) is 5.86. The van der Waals surface area contributed by atoms with Crippen LogP contribution in [0.3, 0.4) is 0 Å².